The molecule has 2 aromatic carbocycles. The largest absolute Gasteiger partial charge is 0.452 e. The van der Waals surface area contributed by atoms with Crippen molar-refractivity contribution in [3.8, 4) is 0 Å². The van der Waals surface area contributed by atoms with Gasteiger partial charge in [-0.3, -0.25) is 4.79 Å². The number of halogens is 2. The van der Waals surface area contributed by atoms with E-state index >= 15 is 0 Å². The van der Waals surface area contributed by atoms with Crippen molar-refractivity contribution in [2.24, 2.45) is 0 Å². The molecule has 154 valence electrons. The van der Waals surface area contributed by atoms with Crippen LogP contribution in [0.15, 0.2) is 47.4 Å². The van der Waals surface area contributed by atoms with Gasteiger partial charge in [-0.25, -0.2) is 22.0 Å². The van der Waals surface area contributed by atoms with Gasteiger partial charge in [0.2, 0.25) is 10.0 Å². The fraction of sp³-hybridized carbons (Fsp3) is 0.263. The van der Waals surface area contributed by atoms with Crippen molar-refractivity contribution in [2.45, 2.75) is 17.7 Å². The van der Waals surface area contributed by atoms with Gasteiger partial charge in [-0.05, 0) is 49.2 Å². The second-order valence-corrected chi connectivity index (χ2v) is 8.36. The topological polar surface area (TPSA) is 92.8 Å². The van der Waals surface area contributed by atoms with Gasteiger partial charge < -0.3 is 10.1 Å². The predicted octanol–water partition coefficient (Wildman–Crippen LogP) is 2.54. The molecule has 2 aromatic rings. The minimum atomic E-state index is -3.59. The maximum atomic E-state index is 13.1. The highest BCUT2D eigenvalue weighted by molar-refractivity contribution is 7.89. The molecule has 0 atom stereocenters. The van der Waals surface area contributed by atoms with E-state index in [9.17, 15) is 26.8 Å². The van der Waals surface area contributed by atoms with Crippen LogP contribution in [0, 0.1) is 11.6 Å². The van der Waals surface area contributed by atoms with Gasteiger partial charge in [-0.15, -0.1) is 0 Å². The lowest BCUT2D eigenvalue weighted by molar-refractivity contribution is -0.119. The second-order valence-electron chi connectivity index (χ2n) is 6.42. The van der Waals surface area contributed by atoms with E-state index in [1.165, 1.54) is 28.6 Å². The summed E-state index contributed by atoms with van der Waals surface area (Å²) in [7, 11) is -3.59. The number of amides is 1. The van der Waals surface area contributed by atoms with Gasteiger partial charge in [0.1, 0.15) is 11.6 Å². The van der Waals surface area contributed by atoms with Crippen LogP contribution in [0.3, 0.4) is 0 Å². The average Bonchev–Trinajstić information content (AvgIpc) is 3.21. The summed E-state index contributed by atoms with van der Waals surface area (Å²) in [6, 6.07) is 7.70. The Morgan fingerprint density at radius 3 is 2.17 bits per heavy atom. The first-order chi connectivity index (χ1) is 13.8. The summed E-state index contributed by atoms with van der Waals surface area (Å²) >= 11 is 0. The van der Waals surface area contributed by atoms with Crippen molar-refractivity contribution < 1.29 is 31.5 Å². The number of hydrogen-bond donors (Lipinski definition) is 1. The summed E-state index contributed by atoms with van der Waals surface area (Å²) in [6.45, 7) is 0.262. The minimum absolute atomic E-state index is 0.0648. The molecule has 3 rings (SSSR count). The number of carbonyl (C=O) groups is 2. The molecule has 0 unspecified atom stereocenters. The molecule has 1 aliphatic rings. The number of benzene rings is 2. The van der Waals surface area contributed by atoms with Gasteiger partial charge in [-0.2, -0.15) is 4.31 Å². The lowest BCUT2D eigenvalue weighted by Gasteiger charge is -2.15. The molecule has 1 fully saturated rings. The van der Waals surface area contributed by atoms with Crippen molar-refractivity contribution in [1.29, 1.82) is 0 Å². The molecule has 29 heavy (non-hydrogen) atoms. The number of carbonyl (C=O) groups excluding carboxylic acids is 2. The van der Waals surface area contributed by atoms with Gasteiger partial charge in [0.25, 0.3) is 5.91 Å². The number of ether oxygens (including phenoxy) is 1. The van der Waals surface area contributed by atoms with Crippen molar-refractivity contribution in [2.75, 3.05) is 25.0 Å². The molecule has 1 saturated heterocycles. The number of esters is 1. The third-order valence-electron chi connectivity index (χ3n) is 4.27. The van der Waals surface area contributed by atoms with Crippen LogP contribution >= 0.6 is 0 Å². The Balaban J connectivity index is 1.57. The van der Waals surface area contributed by atoms with E-state index in [0.29, 0.717) is 19.2 Å². The monoisotopic (exact) mass is 424 g/mol. The number of rotatable bonds is 6. The normalized spacial score (nSPS) is 14.6. The van der Waals surface area contributed by atoms with Crippen molar-refractivity contribution in [3.05, 3.63) is 59.7 Å². The lowest BCUT2D eigenvalue weighted by atomic mass is 10.2. The van der Waals surface area contributed by atoms with Gasteiger partial charge in [-0.1, -0.05) is 0 Å². The molecular weight excluding hydrogens is 406 g/mol. The minimum Gasteiger partial charge on any atom is -0.452 e. The van der Waals surface area contributed by atoms with Crippen LogP contribution in [0.4, 0.5) is 14.5 Å². The highest BCUT2D eigenvalue weighted by atomic mass is 32.2. The maximum Gasteiger partial charge on any atom is 0.338 e. The summed E-state index contributed by atoms with van der Waals surface area (Å²) in [6.07, 6.45) is 1.63. The average molecular weight is 424 g/mol. The lowest BCUT2D eigenvalue weighted by Crippen LogP contribution is -2.27. The second kappa shape index (κ2) is 8.66. The molecule has 1 aliphatic heterocycles. The van der Waals surface area contributed by atoms with Crippen LogP contribution in [0.5, 0.6) is 0 Å². The summed E-state index contributed by atoms with van der Waals surface area (Å²) < 4.78 is 57.4. The van der Waals surface area contributed by atoms with E-state index in [2.05, 4.69) is 5.32 Å². The SMILES string of the molecule is O=C(COC(=O)c1ccc(S(=O)(=O)N2CCCC2)cc1)Nc1cc(F)cc(F)c1. The van der Waals surface area contributed by atoms with Gasteiger partial charge in [0.15, 0.2) is 6.61 Å². The van der Waals surface area contributed by atoms with Crippen LogP contribution in [-0.2, 0) is 19.6 Å². The Morgan fingerprint density at radius 2 is 1.59 bits per heavy atom. The number of nitrogens with zero attached hydrogens (tertiary/aromatic N) is 1. The first kappa shape index (κ1) is 20.9. The molecule has 1 heterocycles. The molecule has 0 aromatic heterocycles. The fourth-order valence-electron chi connectivity index (χ4n) is 2.88. The summed E-state index contributed by atoms with van der Waals surface area (Å²) in [5, 5.41) is 2.21. The van der Waals surface area contributed by atoms with E-state index in [-0.39, 0.29) is 16.1 Å². The van der Waals surface area contributed by atoms with E-state index in [4.69, 9.17) is 4.74 Å². The molecular formula is C19H18F2N2O5S. The zero-order valence-electron chi connectivity index (χ0n) is 15.2. The smallest absolute Gasteiger partial charge is 0.338 e. The predicted molar refractivity (Wildman–Crippen MR) is 99.7 cm³/mol. The van der Waals surface area contributed by atoms with Crippen LogP contribution in [0.25, 0.3) is 0 Å². The van der Waals surface area contributed by atoms with Gasteiger partial charge in [0, 0.05) is 24.8 Å². The Hall–Kier alpha value is -2.85. The molecule has 7 nitrogen and oxygen atoms in total. The van der Waals surface area contributed by atoms with Crippen molar-refractivity contribution >= 4 is 27.6 Å². The molecule has 0 saturated carbocycles. The first-order valence-electron chi connectivity index (χ1n) is 8.79. The first-order valence-corrected chi connectivity index (χ1v) is 10.2. The standard InChI is InChI=1S/C19H18F2N2O5S/c20-14-9-15(21)11-16(10-14)22-18(24)12-28-19(25)13-3-5-17(6-4-13)29(26,27)23-7-1-2-8-23/h3-6,9-11H,1-2,7-8,12H2,(H,22,24). The number of nitrogens with one attached hydrogen (secondary N) is 1. The zero-order valence-corrected chi connectivity index (χ0v) is 16.0. The maximum absolute atomic E-state index is 13.1. The molecule has 0 bridgehead atoms. The third kappa shape index (κ3) is 5.15. The third-order valence-corrected chi connectivity index (χ3v) is 6.19. The molecule has 0 radical (unpaired) electrons. The van der Waals surface area contributed by atoms with Crippen LogP contribution in [0.2, 0.25) is 0 Å². The highest BCUT2D eigenvalue weighted by Crippen LogP contribution is 2.21. The number of hydrogen-bond acceptors (Lipinski definition) is 5. The van der Waals surface area contributed by atoms with Crippen LogP contribution < -0.4 is 5.32 Å². The molecule has 0 spiro atoms. The Bertz CT molecular complexity index is 999. The molecule has 10 heteroatoms. The molecule has 1 amide bonds. The zero-order chi connectivity index (χ0) is 21.0. The van der Waals surface area contributed by atoms with Crippen molar-refractivity contribution in [1.82, 2.24) is 4.31 Å². The van der Waals surface area contributed by atoms with E-state index in [1.807, 2.05) is 0 Å². The fourth-order valence-corrected chi connectivity index (χ4v) is 4.40. The van der Waals surface area contributed by atoms with Gasteiger partial charge >= 0.3 is 5.97 Å². The van der Waals surface area contributed by atoms with Crippen LogP contribution in [0.1, 0.15) is 23.2 Å². The van der Waals surface area contributed by atoms with E-state index in [1.54, 1.807) is 0 Å². The Kier molecular flexibility index (Phi) is 6.23. The Morgan fingerprint density at radius 1 is 1.00 bits per heavy atom. The number of anilines is 1. The summed E-state index contributed by atoms with van der Waals surface area (Å²) in [5.74, 6) is -3.34. The highest BCUT2D eigenvalue weighted by Gasteiger charge is 2.27. The van der Waals surface area contributed by atoms with E-state index < -0.39 is 40.1 Å². The summed E-state index contributed by atoms with van der Waals surface area (Å²) in [4.78, 5) is 23.9. The summed E-state index contributed by atoms with van der Waals surface area (Å²) in [5.41, 5.74) is -0.0463. The van der Waals surface area contributed by atoms with E-state index in [0.717, 1.165) is 25.0 Å². The molecule has 1 N–H and O–H groups in total. The van der Waals surface area contributed by atoms with Gasteiger partial charge in [0.05, 0.1) is 10.5 Å². The quantitative estimate of drug-likeness (QED) is 0.720. The number of sulfonamides is 1. The molecule has 0 aliphatic carbocycles. The Labute approximate surface area is 166 Å². The van der Waals surface area contributed by atoms with Crippen LogP contribution in [-0.4, -0.2) is 44.3 Å². The van der Waals surface area contributed by atoms with Crippen molar-refractivity contribution in [3.63, 3.8) is 0 Å².